The second-order valence-corrected chi connectivity index (χ2v) is 4.90. The van der Waals surface area contributed by atoms with Crippen molar-refractivity contribution in [3.05, 3.63) is 51.3 Å². The number of imidazole rings is 1. The minimum atomic E-state index is -0.984. The average molecular weight is 288 g/mol. The number of carboxylic acids is 1. The SMILES string of the molecule is Cn1cnc([N+](=O)[O-])c1N1Cc2ccc(C(=O)O)cc2C1. The summed E-state index contributed by atoms with van der Waals surface area (Å²) >= 11 is 0. The van der Waals surface area contributed by atoms with E-state index in [0.717, 1.165) is 11.1 Å². The Labute approximate surface area is 119 Å². The highest BCUT2D eigenvalue weighted by atomic mass is 16.6. The monoisotopic (exact) mass is 288 g/mol. The second-order valence-electron chi connectivity index (χ2n) is 4.90. The standard InChI is InChI=1S/C13H12N4O4/c1-15-7-14-11(17(20)21)12(15)16-5-9-3-2-8(13(18)19)4-10(9)6-16/h2-4,7H,5-6H2,1H3,(H,18,19). The van der Waals surface area contributed by atoms with Gasteiger partial charge in [-0.3, -0.25) is 4.57 Å². The first-order valence-electron chi connectivity index (χ1n) is 6.23. The molecule has 1 aromatic carbocycles. The number of nitro groups is 1. The number of aryl methyl sites for hydroxylation is 1. The van der Waals surface area contributed by atoms with Crippen LogP contribution in [0.25, 0.3) is 0 Å². The lowest BCUT2D eigenvalue weighted by atomic mass is 10.1. The molecule has 108 valence electrons. The van der Waals surface area contributed by atoms with Crippen LogP contribution in [0.4, 0.5) is 11.6 Å². The van der Waals surface area contributed by atoms with Crippen LogP contribution in [-0.4, -0.2) is 25.6 Å². The Hall–Kier alpha value is -2.90. The third-order valence-electron chi connectivity index (χ3n) is 3.54. The van der Waals surface area contributed by atoms with E-state index >= 15 is 0 Å². The van der Waals surface area contributed by atoms with Gasteiger partial charge in [0, 0.05) is 20.1 Å². The zero-order valence-corrected chi connectivity index (χ0v) is 11.2. The molecule has 0 saturated carbocycles. The molecule has 0 saturated heterocycles. The van der Waals surface area contributed by atoms with E-state index in [9.17, 15) is 14.9 Å². The molecule has 1 aromatic heterocycles. The number of fused-ring (bicyclic) bond motifs is 1. The first-order chi connectivity index (χ1) is 9.97. The Morgan fingerprint density at radius 2 is 2.10 bits per heavy atom. The Kier molecular flexibility index (Phi) is 2.86. The molecular weight excluding hydrogens is 276 g/mol. The summed E-state index contributed by atoms with van der Waals surface area (Å²) in [6, 6.07) is 4.91. The van der Waals surface area contributed by atoms with Crippen LogP contribution < -0.4 is 4.90 Å². The Morgan fingerprint density at radius 3 is 2.76 bits per heavy atom. The first kappa shape index (κ1) is 13.1. The number of aromatic carboxylic acids is 1. The maximum Gasteiger partial charge on any atom is 0.406 e. The van der Waals surface area contributed by atoms with Crippen LogP contribution in [0.5, 0.6) is 0 Å². The molecule has 0 amide bonds. The summed E-state index contributed by atoms with van der Waals surface area (Å²) in [7, 11) is 1.70. The predicted octanol–water partition coefficient (Wildman–Crippen LogP) is 1.55. The minimum Gasteiger partial charge on any atom is -0.478 e. The first-order valence-corrected chi connectivity index (χ1v) is 6.23. The summed E-state index contributed by atoms with van der Waals surface area (Å²) in [5, 5.41) is 20.0. The van der Waals surface area contributed by atoms with Crippen molar-refractivity contribution in [2.45, 2.75) is 13.1 Å². The van der Waals surface area contributed by atoms with Crippen LogP contribution in [0.15, 0.2) is 24.5 Å². The van der Waals surface area contributed by atoms with Crippen LogP contribution in [0.1, 0.15) is 21.5 Å². The maximum absolute atomic E-state index is 11.0. The second kappa shape index (κ2) is 4.58. The highest BCUT2D eigenvalue weighted by Crippen LogP contribution is 2.33. The van der Waals surface area contributed by atoms with Crippen molar-refractivity contribution in [1.29, 1.82) is 0 Å². The van der Waals surface area contributed by atoms with Crippen LogP contribution in [0.3, 0.4) is 0 Å². The number of benzene rings is 1. The summed E-state index contributed by atoms with van der Waals surface area (Å²) in [6.07, 6.45) is 1.40. The van der Waals surface area contributed by atoms with Gasteiger partial charge < -0.3 is 20.1 Å². The van der Waals surface area contributed by atoms with Gasteiger partial charge in [-0.2, -0.15) is 0 Å². The third-order valence-corrected chi connectivity index (χ3v) is 3.54. The van der Waals surface area contributed by atoms with Crippen molar-refractivity contribution in [1.82, 2.24) is 9.55 Å². The molecule has 0 unspecified atom stereocenters. The highest BCUT2D eigenvalue weighted by molar-refractivity contribution is 5.88. The molecule has 2 heterocycles. The van der Waals surface area contributed by atoms with Gasteiger partial charge in [-0.25, -0.2) is 4.79 Å². The summed E-state index contributed by atoms with van der Waals surface area (Å²) in [4.78, 5) is 27.1. The van der Waals surface area contributed by atoms with Crippen molar-refractivity contribution in [2.24, 2.45) is 7.05 Å². The molecule has 0 bridgehead atoms. The van der Waals surface area contributed by atoms with Crippen molar-refractivity contribution < 1.29 is 14.8 Å². The number of anilines is 1. The van der Waals surface area contributed by atoms with E-state index in [2.05, 4.69) is 4.98 Å². The number of rotatable bonds is 3. The van der Waals surface area contributed by atoms with Gasteiger partial charge in [0.25, 0.3) is 0 Å². The molecule has 0 spiro atoms. The van der Waals surface area contributed by atoms with Crippen LogP contribution in [0, 0.1) is 10.1 Å². The molecule has 0 atom stereocenters. The maximum atomic E-state index is 11.0. The Bertz CT molecular complexity index is 753. The molecule has 3 rings (SSSR count). The molecule has 1 N–H and O–H groups in total. The van der Waals surface area contributed by atoms with Gasteiger partial charge in [0.05, 0.1) is 5.56 Å². The lowest BCUT2D eigenvalue weighted by Crippen LogP contribution is -2.18. The number of hydrogen-bond acceptors (Lipinski definition) is 5. The average Bonchev–Trinajstić information content (AvgIpc) is 3.00. The quantitative estimate of drug-likeness (QED) is 0.679. The van der Waals surface area contributed by atoms with Gasteiger partial charge >= 0.3 is 11.8 Å². The van der Waals surface area contributed by atoms with E-state index in [1.165, 1.54) is 6.33 Å². The summed E-state index contributed by atoms with van der Waals surface area (Å²) in [6.45, 7) is 0.923. The topological polar surface area (TPSA) is 101 Å². The van der Waals surface area contributed by atoms with E-state index in [-0.39, 0.29) is 11.4 Å². The lowest BCUT2D eigenvalue weighted by Gasteiger charge is -2.16. The molecule has 1 aliphatic heterocycles. The number of carbonyl (C=O) groups is 1. The summed E-state index contributed by atoms with van der Waals surface area (Å²) in [5.74, 6) is -0.750. The zero-order chi connectivity index (χ0) is 15.1. The van der Waals surface area contributed by atoms with E-state index in [1.807, 2.05) is 4.90 Å². The summed E-state index contributed by atoms with van der Waals surface area (Å²) < 4.78 is 1.60. The van der Waals surface area contributed by atoms with Gasteiger partial charge in [-0.15, -0.1) is 0 Å². The summed E-state index contributed by atoms with van der Waals surface area (Å²) in [5.41, 5.74) is 2.05. The molecular formula is C13H12N4O4. The third kappa shape index (κ3) is 2.10. The highest BCUT2D eigenvalue weighted by Gasteiger charge is 2.30. The Balaban J connectivity index is 1.97. The fraction of sp³-hybridized carbons (Fsp3) is 0.231. The van der Waals surface area contributed by atoms with Crippen molar-refractivity contribution >= 4 is 17.6 Å². The van der Waals surface area contributed by atoms with Crippen LogP contribution >= 0.6 is 0 Å². The predicted molar refractivity (Wildman–Crippen MR) is 73.2 cm³/mol. The van der Waals surface area contributed by atoms with Crippen molar-refractivity contribution in [2.75, 3.05) is 4.90 Å². The molecule has 21 heavy (non-hydrogen) atoms. The zero-order valence-electron chi connectivity index (χ0n) is 11.2. The number of aromatic nitrogens is 2. The molecule has 8 nitrogen and oxygen atoms in total. The normalized spacial score (nSPS) is 13.3. The molecule has 1 aliphatic rings. The number of carboxylic acid groups (broad SMARTS) is 1. The smallest absolute Gasteiger partial charge is 0.406 e. The molecule has 0 radical (unpaired) electrons. The fourth-order valence-electron chi connectivity index (χ4n) is 2.58. The lowest BCUT2D eigenvalue weighted by molar-refractivity contribution is -0.388. The van der Waals surface area contributed by atoms with Crippen molar-refractivity contribution in [3.8, 4) is 0 Å². The fourth-order valence-corrected chi connectivity index (χ4v) is 2.58. The van der Waals surface area contributed by atoms with E-state index in [1.54, 1.807) is 29.8 Å². The van der Waals surface area contributed by atoms with Gasteiger partial charge in [0.1, 0.15) is 0 Å². The Morgan fingerprint density at radius 1 is 1.38 bits per heavy atom. The largest absolute Gasteiger partial charge is 0.478 e. The minimum absolute atomic E-state index is 0.191. The van der Waals surface area contributed by atoms with E-state index in [4.69, 9.17) is 5.11 Å². The van der Waals surface area contributed by atoms with Gasteiger partial charge in [-0.1, -0.05) is 6.07 Å². The van der Waals surface area contributed by atoms with Crippen molar-refractivity contribution in [3.63, 3.8) is 0 Å². The van der Waals surface area contributed by atoms with Gasteiger partial charge in [0.15, 0.2) is 0 Å². The van der Waals surface area contributed by atoms with E-state index in [0.29, 0.717) is 18.9 Å². The molecule has 0 fully saturated rings. The van der Waals surface area contributed by atoms with Gasteiger partial charge in [-0.05, 0) is 33.2 Å². The van der Waals surface area contributed by atoms with E-state index < -0.39 is 10.9 Å². The van der Waals surface area contributed by atoms with Crippen LogP contribution in [-0.2, 0) is 20.1 Å². The molecule has 0 aliphatic carbocycles. The molecule has 2 aromatic rings. The van der Waals surface area contributed by atoms with Gasteiger partial charge in [0.2, 0.25) is 12.1 Å². The van der Waals surface area contributed by atoms with Crippen LogP contribution in [0.2, 0.25) is 0 Å². The number of hydrogen-bond donors (Lipinski definition) is 1. The molecule has 8 heteroatoms. The number of nitrogens with zero attached hydrogens (tertiary/aromatic N) is 4.